The number of halogens is 3. The minimum atomic E-state index is -3.25. The van der Waals surface area contributed by atoms with Crippen LogP contribution in [0.3, 0.4) is 0 Å². The van der Waals surface area contributed by atoms with Crippen molar-refractivity contribution >= 4 is 15.9 Å². The fourth-order valence-electron chi connectivity index (χ4n) is 1.56. The van der Waals surface area contributed by atoms with Crippen molar-refractivity contribution in [3.63, 3.8) is 0 Å². The Balaban J connectivity index is 2.21. The monoisotopic (exact) mass is 343 g/mol. The average molecular weight is 344 g/mol. The predicted octanol–water partition coefficient (Wildman–Crippen LogP) is 4.03. The number of hydrogen-bond acceptors (Lipinski definition) is 3. The lowest BCUT2D eigenvalue weighted by Crippen LogP contribution is -2.18. The van der Waals surface area contributed by atoms with Crippen molar-refractivity contribution in [2.75, 3.05) is 6.61 Å². The highest BCUT2D eigenvalue weighted by molar-refractivity contribution is 9.10. The number of ether oxygens (including phenoxy) is 1. The van der Waals surface area contributed by atoms with E-state index in [0.29, 0.717) is 16.1 Å². The lowest BCUT2D eigenvalue weighted by molar-refractivity contribution is -0.0556. The smallest absolute Gasteiger partial charge is 0.295 e. The SMILES string of the molecule is Cc1ccnc(Oc2ccc(C(F)(F)CO)cc2)c1Br. The maximum atomic E-state index is 13.3. The van der Waals surface area contributed by atoms with E-state index in [1.165, 1.54) is 24.3 Å². The molecule has 1 aromatic carbocycles. The maximum Gasteiger partial charge on any atom is 0.295 e. The first-order valence-electron chi connectivity index (χ1n) is 5.82. The van der Waals surface area contributed by atoms with E-state index in [2.05, 4.69) is 20.9 Å². The van der Waals surface area contributed by atoms with Gasteiger partial charge in [0, 0.05) is 11.8 Å². The molecule has 0 spiro atoms. The van der Waals surface area contributed by atoms with Gasteiger partial charge in [0.25, 0.3) is 5.92 Å². The third-order valence-corrected chi connectivity index (χ3v) is 3.70. The number of nitrogens with zero attached hydrogens (tertiary/aromatic N) is 1. The molecule has 2 rings (SSSR count). The van der Waals surface area contributed by atoms with E-state index in [1.807, 2.05) is 13.0 Å². The Kier molecular flexibility index (Phi) is 4.35. The van der Waals surface area contributed by atoms with Crippen LogP contribution >= 0.6 is 15.9 Å². The van der Waals surface area contributed by atoms with Crippen LogP contribution in [0, 0.1) is 6.92 Å². The number of aryl methyl sites for hydroxylation is 1. The molecule has 0 aliphatic carbocycles. The number of aromatic nitrogens is 1. The second kappa shape index (κ2) is 5.85. The van der Waals surface area contributed by atoms with E-state index < -0.39 is 12.5 Å². The Bertz CT molecular complexity index is 603. The molecule has 2 aromatic rings. The molecular weight excluding hydrogens is 332 g/mol. The summed E-state index contributed by atoms with van der Waals surface area (Å²) in [6.07, 6.45) is 1.60. The van der Waals surface area contributed by atoms with Crippen molar-refractivity contribution in [2.45, 2.75) is 12.8 Å². The molecule has 6 heteroatoms. The molecule has 0 fully saturated rings. The Morgan fingerprint density at radius 2 is 1.90 bits per heavy atom. The molecular formula is C14H12BrF2NO2. The summed E-state index contributed by atoms with van der Waals surface area (Å²) in [7, 11) is 0. The Morgan fingerprint density at radius 3 is 2.50 bits per heavy atom. The van der Waals surface area contributed by atoms with Crippen molar-refractivity contribution < 1.29 is 18.6 Å². The van der Waals surface area contributed by atoms with E-state index >= 15 is 0 Å². The van der Waals surface area contributed by atoms with Crippen LogP contribution in [0.5, 0.6) is 11.6 Å². The Morgan fingerprint density at radius 1 is 1.25 bits per heavy atom. The van der Waals surface area contributed by atoms with Crippen molar-refractivity contribution in [2.24, 2.45) is 0 Å². The van der Waals surface area contributed by atoms with E-state index in [-0.39, 0.29) is 5.56 Å². The average Bonchev–Trinajstić information content (AvgIpc) is 2.44. The highest BCUT2D eigenvalue weighted by Gasteiger charge is 2.30. The molecule has 0 radical (unpaired) electrons. The van der Waals surface area contributed by atoms with E-state index in [9.17, 15) is 8.78 Å². The molecule has 0 atom stereocenters. The van der Waals surface area contributed by atoms with Gasteiger partial charge in [0.15, 0.2) is 0 Å². The van der Waals surface area contributed by atoms with E-state index in [0.717, 1.165) is 5.56 Å². The van der Waals surface area contributed by atoms with Gasteiger partial charge >= 0.3 is 0 Å². The van der Waals surface area contributed by atoms with Gasteiger partial charge in [-0.25, -0.2) is 4.98 Å². The largest absolute Gasteiger partial charge is 0.438 e. The molecule has 0 bridgehead atoms. The molecule has 0 saturated heterocycles. The first-order valence-corrected chi connectivity index (χ1v) is 6.61. The second-order valence-corrected chi connectivity index (χ2v) is 5.03. The normalized spacial score (nSPS) is 11.4. The lowest BCUT2D eigenvalue weighted by Gasteiger charge is -2.14. The second-order valence-electron chi connectivity index (χ2n) is 4.24. The Labute approximate surface area is 123 Å². The standard InChI is InChI=1S/C14H12BrF2NO2/c1-9-6-7-18-13(12(9)15)20-11-4-2-10(3-5-11)14(16,17)8-19/h2-7,19H,8H2,1H3. The summed E-state index contributed by atoms with van der Waals surface area (Å²) < 4.78 is 32.7. The van der Waals surface area contributed by atoms with Crippen LogP contribution in [-0.2, 0) is 5.92 Å². The fourth-order valence-corrected chi connectivity index (χ4v) is 1.87. The number of aliphatic hydroxyl groups is 1. The van der Waals surface area contributed by atoms with Crippen LogP contribution in [0.2, 0.25) is 0 Å². The molecule has 0 amide bonds. The van der Waals surface area contributed by atoms with Crippen molar-refractivity contribution in [1.29, 1.82) is 0 Å². The third-order valence-electron chi connectivity index (χ3n) is 2.74. The zero-order valence-electron chi connectivity index (χ0n) is 10.6. The molecule has 0 aliphatic rings. The predicted molar refractivity (Wildman–Crippen MR) is 74.2 cm³/mol. The van der Waals surface area contributed by atoms with Crippen molar-refractivity contribution in [3.05, 3.63) is 52.1 Å². The maximum absolute atomic E-state index is 13.3. The van der Waals surface area contributed by atoms with Crippen LogP contribution < -0.4 is 4.74 Å². The summed E-state index contributed by atoms with van der Waals surface area (Å²) in [6.45, 7) is 0.668. The molecule has 0 aliphatic heterocycles. The topological polar surface area (TPSA) is 42.4 Å². The van der Waals surface area contributed by atoms with Crippen LogP contribution in [0.1, 0.15) is 11.1 Å². The van der Waals surface area contributed by atoms with Gasteiger partial charge in [0.05, 0.1) is 4.47 Å². The quantitative estimate of drug-likeness (QED) is 0.911. The zero-order valence-corrected chi connectivity index (χ0v) is 12.2. The number of aliphatic hydroxyl groups excluding tert-OH is 1. The molecule has 1 N–H and O–H groups in total. The van der Waals surface area contributed by atoms with Gasteiger partial charge in [-0.3, -0.25) is 0 Å². The van der Waals surface area contributed by atoms with Crippen LogP contribution in [0.4, 0.5) is 8.78 Å². The van der Waals surface area contributed by atoms with Crippen LogP contribution in [0.25, 0.3) is 0 Å². The summed E-state index contributed by atoms with van der Waals surface area (Å²) in [5.41, 5.74) is 0.696. The summed E-state index contributed by atoms with van der Waals surface area (Å²) >= 11 is 3.35. The molecule has 1 aromatic heterocycles. The number of rotatable bonds is 4. The zero-order chi connectivity index (χ0) is 14.8. The molecule has 3 nitrogen and oxygen atoms in total. The molecule has 106 valence electrons. The minimum Gasteiger partial charge on any atom is -0.438 e. The van der Waals surface area contributed by atoms with Gasteiger partial charge in [-0.15, -0.1) is 0 Å². The number of hydrogen-bond donors (Lipinski definition) is 1. The fraction of sp³-hybridized carbons (Fsp3) is 0.214. The van der Waals surface area contributed by atoms with Crippen LogP contribution in [-0.4, -0.2) is 16.7 Å². The van der Waals surface area contributed by atoms with Crippen LogP contribution in [0.15, 0.2) is 41.0 Å². The highest BCUT2D eigenvalue weighted by Crippen LogP contribution is 2.32. The molecule has 1 heterocycles. The highest BCUT2D eigenvalue weighted by atomic mass is 79.9. The summed E-state index contributed by atoms with van der Waals surface area (Å²) in [4.78, 5) is 4.06. The third kappa shape index (κ3) is 3.13. The number of pyridine rings is 1. The first kappa shape index (κ1) is 14.9. The first-order chi connectivity index (χ1) is 9.44. The van der Waals surface area contributed by atoms with Crippen molar-refractivity contribution in [1.82, 2.24) is 4.98 Å². The van der Waals surface area contributed by atoms with Gasteiger partial charge in [-0.2, -0.15) is 8.78 Å². The van der Waals surface area contributed by atoms with Gasteiger partial charge in [-0.05, 0) is 58.7 Å². The lowest BCUT2D eigenvalue weighted by atomic mass is 10.1. The van der Waals surface area contributed by atoms with E-state index in [4.69, 9.17) is 9.84 Å². The van der Waals surface area contributed by atoms with Crippen molar-refractivity contribution in [3.8, 4) is 11.6 Å². The summed E-state index contributed by atoms with van der Waals surface area (Å²) in [5.74, 6) is -2.49. The van der Waals surface area contributed by atoms with Gasteiger partial charge in [0.2, 0.25) is 5.88 Å². The minimum absolute atomic E-state index is 0.261. The Hall–Kier alpha value is -1.53. The van der Waals surface area contributed by atoms with Gasteiger partial charge in [0.1, 0.15) is 12.4 Å². The van der Waals surface area contributed by atoms with E-state index in [1.54, 1.807) is 6.20 Å². The number of benzene rings is 1. The summed E-state index contributed by atoms with van der Waals surface area (Å²) in [5, 5.41) is 8.62. The number of alkyl halides is 2. The van der Waals surface area contributed by atoms with Gasteiger partial charge in [-0.1, -0.05) is 0 Å². The summed E-state index contributed by atoms with van der Waals surface area (Å²) in [6, 6.07) is 7.08. The molecule has 0 unspecified atom stereocenters. The van der Waals surface area contributed by atoms with Gasteiger partial charge < -0.3 is 9.84 Å². The molecule has 20 heavy (non-hydrogen) atoms. The molecule has 0 saturated carbocycles.